The molecule has 1 saturated carbocycles. The SMILES string of the molecule is CNc1cc(C2CC(NC(=O)c3ncc(F)cc3F)C2)nc(COC)n1. The third-order valence-corrected chi connectivity index (χ3v) is 4.24. The van der Waals surface area contributed by atoms with Crippen LogP contribution >= 0.6 is 0 Å². The predicted octanol–water partition coefficient (Wildman–Crippen LogP) is 2.01. The number of hydrogen-bond donors (Lipinski definition) is 2. The maximum atomic E-state index is 13.6. The van der Waals surface area contributed by atoms with Crippen molar-refractivity contribution in [2.75, 3.05) is 19.5 Å². The molecule has 0 unspecified atom stereocenters. The molecular weight excluding hydrogens is 344 g/mol. The number of carbonyl (C=O) groups is 1. The first kappa shape index (κ1) is 18.1. The monoisotopic (exact) mass is 363 g/mol. The van der Waals surface area contributed by atoms with Gasteiger partial charge in [0.25, 0.3) is 5.91 Å². The summed E-state index contributed by atoms with van der Waals surface area (Å²) >= 11 is 0. The minimum Gasteiger partial charge on any atom is -0.377 e. The fraction of sp³-hybridized carbons (Fsp3) is 0.412. The average molecular weight is 363 g/mol. The summed E-state index contributed by atoms with van der Waals surface area (Å²) in [6, 6.07) is 2.39. The quantitative estimate of drug-likeness (QED) is 0.816. The molecule has 2 aromatic rings. The second-order valence-electron chi connectivity index (χ2n) is 6.10. The van der Waals surface area contributed by atoms with Crippen LogP contribution < -0.4 is 10.6 Å². The molecule has 0 atom stereocenters. The van der Waals surface area contributed by atoms with Crippen LogP contribution in [0.5, 0.6) is 0 Å². The molecule has 0 aliphatic heterocycles. The molecule has 0 radical (unpaired) electrons. The Bertz CT molecular complexity index is 812. The van der Waals surface area contributed by atoms with Crippen molar-refractivity contribution in [3.63, 3.8) is 0 Å². The lowest BCUT2D eigenvalue weighted by molar-refractivity contribution is 0.0898. The van der Waals surface area contributed by atoms with Crippen molar-refractivity contribution in [3.8, 4) is 0 Å². The average Bonchev–Trinajstić information content (AvgIpc) is 2.57. The molecule has 9 heteroatoms. The lowest BCUT2D eigenvalue weighted by Crippen LogP contribution is -2.44. The molecule has 1 amide bonds. The highest BCUT2D eigenvalue weighted by atomic mass is 19.1. The van der Waals surface area contributed by atoms with E-state index in [0.29, 0.717) is 37.2 Å². The van der Waals surface area contributed by atoms with Crippen LogP contribution in [0.15, 0.2) is 18.3 Å². The van der Waals surface area contributed by atoms with Crippen LogP contribution in [0.3, 0.4) is 0 Å². The molecular formula is C17H19F2N5O2. The standard InChI is InChI=1S/C17H19F2N5O2/c1-20-14-6-13(23-15(24-14)8-26-2)9-3-11(4-9)22-17(25)16-12(19)5-10(18)7-21-16/h5-7,9,11H,3-4,8H2,1-2H3,(H,22,25)(H,20,23,24). The molecule has 7 nitrogen and oxygen atoms in total. The van der Waals surface area contributed by atoms with E-state index in [2.05, 4.69) is 25.6 Å². The van der Waals surface area contributed by atoms with Crippen LogP contribution in [0.2, 0.25) is 0 Å². The molecule has 2 N–H and O–H groups in total. The van der Waals surface area contributed by atoms with Gasteiger partial charge in [-0.25, -0.2) is 23.7 Å². The van der Waals surface area contributed by atoms with Crippen LogP contribution in [0.4, 0.5) is 14.6 Å². The summed E-state index contributed by atoms with van der Waals surface area (Å²) in [5, 5.41) is 5.70. The Hall–Kier alpha value is -2.68. The number of halogens is 2. The van der Waals surface area contributed by atoms with Crippen molar-refractivity contribution in [2.45, 2.75) is 31.4 Å². The number of rotatable bonds is 6. The van der Waals surface area contributed by atoms with Gasteiger partial charge < -0.3 is 15.4 Å². The second-order valence-corrected chi connectivity index (χ2v) is 6.10. The fourth-order valence-electron chi connectivity index (χ4n) is 2.86. The summed E-state index contributed by atoms with van der Waals surface area (Å²) in [5.74, 6) is -0.996. The van der Waals surface area contributed by atoms with Crippen LogP contribution in [-0.4, -0.2) is 41.1 Å². The Labute approximate surface area is 149 Å². The Morgan fingerprint density at radius 3 is 2.73 bits per heavy atom. The Morgan fingerprint density at radius 1 is 1.31 bits per heavy atom. The largest absolute Gasteiger partial charge is 0.377 e. The van der Waals surface area contributed by atoms with Gasteiger partial charge in [-0.05, 0) is 12.8 Å². The number of hydrogen-bond acceptors (Lipinski definition) is 6. The first-order chi connectivity index (χ1) is 12.5. The van der Waals surface area contributed by atoms with Gasteiger partial charge in [0.05, 0.1) is 6.20 Å². The van der Waals surface area contributed by atoms with Gasteiger partial charge in [0.15, 0.2) is 17.3 Å². The van der Waals surface area contributed by atoms with Crippen molar-refractivity contribution in [3.05, 3.63) is 47.2 Å². The number of methoxy groups -OCH3 is 1. The van der Waals surface area contributed by atoms with Gasteiger partial charge >= 0.3 is 0 Å². The zero-order chi connectivity index (χ0) is 18.7. The van der Waals surface area contributed by atoms with E-state index in [-0.39, 0.29) is 12.0 Å². The smallest absolute Gasteiger partial charge is 0.273 e. The molecule has 0 spiro atoms. The van der Waals surface area contributed by atoms with Crippen LogP contribution in [0, 0.1) is 11.6 Å². The molecule has 1 aliphatic carbocycles. The van der Waals surface area contributed by atoms with E-state index in [1.807, 2.05) is 6.07 Å². The number of nitrogens with zero attached hydrogens (tertiary/aromatic N) is 3. The molecule has 138 valence electrons. The molecule has 0 aromatic carbocycles. The summed E-state index contributed by atoms with van der Waals surface area (Å²) < 4.78 is 31.6. The number of pyridine rings is 1. The second kappa shape index (κ2) is 7.69. The van der Waals surface area contributed by atoms with Crippen LogP contribution in [0.25, 0.3) is 0 Å². The Balaban J connectivity index is 1.62. The van der Waals surface area contributed by atoms with Gasteiger partial charge in [-0.3, -0.25) is 4.79 Å². The first-order valence-electron chi connectivity index (χ1n) is 8.16. The molecule has 0 bridgehead atoms. The van der Waals surface area contributed by atoms with Crippen molar-refractivity contribution >= 4 is 11.7 Å². The molecule has 1 aliphatic rings. The minimum absolute atomic E-state index is 0.113. The summed E-state index contributed by atoms with van der Waals surface area (Å²) in [6.07, 6.45) is 2.15. The first-order valence-corrected chi connectivity index (χ1v) is 8.16. The summed E-state index contributed by atoms with van der Waals surface area (Å²) in [4.78, 5) is 24.4. The molecule has 2 heterocycles. The highest BCUT2D eigenvalue weighted by molar-refractivity contribution is 5.92. The maximum Gasteiger partial charge on any atom is 0.273 e. The molecule has 3 rings (SSSR count). The van der Waals surface area contributed by atoms with E-state index in [1.54, 1.807) is 14.2 Å². The topological polar surface area (TPSA) is 89.0 Å². The van der Waals surface area contributed by atoms with Crippen LogP contribution in [0.1, 0.15) is 40.8 Å². The number of aromatic nitrogens is 3. The van der Waals surface area contributed by atoms with E-state index in [4.69, 9.17) is 4.74 Å². The summed E-state index contributed by atoms with van der Waals surface area (Å²) in [7, 11) is 3.35. The van der Waals surface area contributed by atoms with Gasteiger partial charge in [0, 0.05) is 43.9 Å². The summed E-state index contributed by atoms with van der Waals surface area (Å²) in [6.45, 7) is 0.310. The maximum absolute atomic E-state index is 13.6. The Kier molecular flexibility index (Phi) is 5.36. The van der Waals surface area contributed by atoms with E-state index in [0.717, 1.165) is 11.9 Å². The van der Waals surface area contributed by atoms with Crippen molar-refractivity contribution in [2.24, 2.45) is 0 Å². The number of nitrogens with one attached hydrogen (secondary N) is 2. The van der Waals surface area contributed by atoms with Crippen molar-refractivity contribution in [1.82, 2.24) is 20.3 Å². The highest BCUT2D eigenvalue weighted by Gasteiger charge is 2.33. The normalized spacial score (nSPS) is 18.9. The Morgan fingerprint density at radius 2 is 2.08 bits per heavy atom. The third-order valence-electron chi connectivity index (χ3n) is 4.24. The number of ether oxygens (including phenoxy) is 1. The number of carbonyl (C=O) groups excluding carboxylic acids is 1. The molecule has 1 fully saturated rings. The predicted molar refractivity (Wildman–Crippen MR) is 89.7 cm³/mol. The van der Waals surface area contributed by atoms with E-state index in [9.17, 15) is 13.6 Å². The van der Waals surface area contributed by atoms with Gasteiger partial charge in [0.1, 0.15) is 18.2 Å². The van der Waals surface area contributed by atoms with Crippen LogP contribution in [-0.2, 0) is 11.3 Å². The lowest BCUT2D eigenvalue weighted by atomic mass is 9.78. The molecule has 0 saturated heterocycles. The zero-order valence-corrected chi connectivity index (χ0v) is 14.4. The number of amides is 1. The minimum atomic E-state index is -0.975. The van der Waals surface area contributed by atoms with Crippen molar-refractivity contribution < 1.29 is 18.3 Å². The number of anilines is 1. The zero-order valence-electron chi connectivity index (χ0n) is 14.4. The van der Waals surface area contributed by atoms with Gasteiger partial charge in [-0.1, -0.05) is 0 Å². The summed E-state index contributed by atoms with van der Waals surface area (Å²) in [5.41, 5.74) is 0.463. The van der Waals surface area contributed by atoms with Gasteiger partial charge in [-0.2, -0.15) is 0 Å². The molecule has 2 aromatic heterocycles. The van der Waals surface area contributed by atoms with E-state index < -0.39 is 23.2 Å². The van der Waals surface area contributed by atoms with E-state index in [1.165, 1.54) is 0 Å². The highest BCUT2D eigenvalue weighted by Crippen LogP contribution is 2.36. The van der Waals surface area contributed by atoms with Gasteiger partial charge in [-0.15, -0.1) is 0 Å². The van der Waals surface area contributed by atoms with Crippen molar-refractivity contribution in [1.29, 1.82) is 0 Å². The van der Waals surface area contributed by atoms with E-state index >= 15 is 0 Å². The third kappa shape index (κ3) is 3.93. The lowest BCUT2D eigenvalue weighted by Gasteiger charge is -2.35. The fourth-order valence-corrected chi connectivity index (χ4v) is 2.86. The van der Waals surface area contributed by atoms with Gasteiger partial charge in [0.2, 0.25) is 0 Å². The molecule has 26 heavy (non-hydrogen) atoms.